The molecule has 6 heteroatoms. The molecule has 1 fully saturated rings. The van der Waals surface area contributed by atoms with E-state index in [2.05, 4.69) is 50.0 Å². The van der Waals surface area contributed by atoms with Crippen molar-refractivity contribution in [3.05, 3.63) is 48.3 Å². The molecular formula is C16H21N5O. The lowest BCUT2D eigenvalue weighted by Gasteiger charge is -2.18. The van der Waals surface area contributed by atoms with Crippen molar-refractivity contribution in [2.24, 2.45) is 5.92 Å². The standard InChI is InChI=1S/C16H21N5O/c22-16(18-11-14-6-8-19-20-14)17-10-13-7-9-21(12-13)15-4-2-1-3-5-15/h1-6,8,13H,7,9-12H2,(H,19,20)(H2,17,18,22). The molecule has 22 heavy (non-hydrogen) atoms. The van der Waals surface area contributed by atoms with Crippen LogP contribution in [-0.2, 0) is 6.54 Å². The van der Waals surface area contributed by atoms with Crippen LogP contribution in [0, 0.1) is 5.92 Å². The van der Waals surface area contributed by atoms with E-state index in [1.165, 1.54) is 5.69 Å². The first-order valence-electron chi connectivity index (χ1n) is 7.61. The zero-order valence-electron chi connectivity index (χ0n) is 12.5. The molecule has 1 unspecified atom stereocenters. The monoisotopic (exact) mass is 299 g/mol. The van der Waals surface area contributed by atoms with Crippen molar-refractivity contribution in [2.75, 3.05) is 24.5 Å². The molecule has 1 atom stereocenters. The first kappa shape index (κ1) is 14.4. The largest absolute Gasteiger partial charge is 0.371 e. The number of urea groups is 1. The summed E-state index contributed by atoms with van der Waals surface area (Å²) in [6, 6.07) is 12.1. The Kier molecular flexibility index (Phi) is 4.58. The molecule has 1 aromatic heterocycles. The van der Waals surface area contributed by atoms with E-state index < -0.39 is 0 Å². The van der Waals surface area contributed by atoms with E-state index in [9.17, 15) is 4.79 Å². The highest BCUT2D eigenvalue weighted by atomic mass is 16.2. The number of nitrogens with one attached hydrogen (secondary N) is 3. The van der Waals surface area contributed by atoms with Crippen LogP contribution < -0.4 is 15.5 Å². The van der Waals surface area contributed by atoms with E-state index in [4.69, 9.17) is 0 Å². The predicted molar refractivity (Wildman–Crippen MR) is 85.6 cm³/mol. The van der Waals surface area contributed by atoms with Crippen LogP contribution in [0.2, 0.25) is 0 Å². The van der Waals surface area contributed by atoms with Gasteiger partial charge in [0.05, 0.1) is 12.2 Å². The van der Waals surface area contributed by atoms with E-state index in [1.54, 1.807) is 6.20 Å². The molecule has 116 valence electrons. The van der Waals surface area contributed by atoms with Crippen molar-refractivity contribution in [3.8, 4) is 0 Å². The summed E-state index contributed by atoms with van der Waals surface area (Å²) < 4.78 is 0. The van der Waals surface area contributed by atoms with Crippen LogP contribution in [0.5, 0.6) is 0 Å². The van der Waals surface area contributed by atoms with Crippen molar-refractivity contribution in [2.45, 2.75) is 13.0 Å². The number of aromatic amines is 1. The number of anilines is 1. The van der Waals surface area contributed by atoms with Crippen LogP contribution in [0.4, 0.5) is 10.5 Å². The second-order valence-electron chi connectivity index (χ2n) is 5.58. The fourth-order valence-electron chi connectivity index (χ4n) is 2.73. The Hall–Kier alpha value is -2.50. The van der Waals surface area contributed by atoms with Crippen molar-refractivity contribution < 1.29 is 4.79 Å². The maximum absolute atomic E-state index is 11.8. The third-order valence-electron chi connectivity index (χ3n) is 3.96. The Balaban J connectivity index is 1.38. The van der Waals surface area contributed by atoms with Crippen LogP contribution in [0.3, 0.4) is 0 Å². The lowest BCUT2D eigenvalue weighted by molar-refractivity contribution is 0.239. The highest BCUT2D eigenvalue weighted by molar-refractivity contribution is 5.73. The van der Waals surface area contributed by atoms with E-state index in [1.807, 2.05) is 12.1 Å². The lowest BCUT2D eigenvalue weighted by atomic mass is 10.1. The molecule has 0 saturated carbocycles. The van der Waals surface area contributed by atoms with Gasteiger partial charge >= 0.3 is 6.03 Å². The summed E-state index contributed by atoms with van der Waals surface area (Å²) in [5.74, 6) is 0.498. The number of nitrogens with zero attached hydrogens (tertiary/aromatic N) is 2. The summed E-state index contributed by atoms with van der Waals surface area (Å²) >= 11 is 0. The molecule has 1 saturated heterocycles. The SMILES string of the molecule is O=C(NCc1ccn[nH]1)NCC1CCN(c2ccccc2)C1. The van der Waals surface area contributed by atoms with Gasteiger partial charge in [0, 0.05) is 31.5 Å². The van der Waals surface area contributed by atoms with Crippen LogP contribution in [0.15, 0.2) is 42.6 Å². The number of para-hydroxylation sites is 1. The van der Waals surface area contributed by atoms with Gasteiger partial charge in [0.15, 0.2) is 0 Å². The molecule has 2 amide bonds. The quantitative estimate of drug-likeness (QED) is 0.787. The third-order valence-corrected chi connectivity index (χ3v) is 3.96. The molecule has 0 spiro atoms. The minimum atomic E-state index is -0.132. The maximum atomic E-state index is 11.8. The van der Waals surface area contributed by atoms with Crippen molar-refractivity contribution in [3.63, 3.8) is 0 Å². The second-order valence-corrected chi connectivity index (χ2v) is 5.58. The smallest absolute Gasteiger partial charge is 0.315 e. The Morgan fingerprint density at radius 1 is 1.27 bits per heavy atom. The van der Waals surface area contributed by atoms with E-state index in [-0.39, 0.29) is 6.03 Å². The number of hydrogen-bond acceptors (Lipinski definition) is 3. The normalized spacial score (nSPS) is 17.5. The van der Waals surface area contributed by atoms with Gasteiger partial charge < -0.3 is 15.5 Å². The van der Waals surface area contributed by atoms with Gasteiger partial charge in [-0.3, -0.25) is 5.10 Å². The van der Waals surface area contributed by atoms with Gasteiger partial charge in [-0.2, -0.15) is 5.10 Å². The van der Waals surface area contributed by atoms with Gasteiger partial charge in [0.1, 0.15) is 0 Å². The second kappa shape index (κ2) is 6.98. The highest BCUT2D eigenvalue weighted by Gasteiger charge is 2.22. The summed E-state index contributed by atoms with van der Waals surface area (Å²) in [6.45, 7) is 3.21. The Bertz CT molecular complexity index is 584. The van der Waals surface area contributed by atoms with E-state index >= 15 is 0 Å². The minimum absolute atomic E-state index is 0.132. The van der Waals surface area contributed by atoms with Crippen LogP contribution in [-0.4, -0.2) is 35.9 Å². The van der Waals surface area contributed by atoms with Crippen molar-refractivity contribution >= 4 is 11.7 Å². The maximum Gasteiger partial charge on any atom is 0.315 e. The third kappa shape index (κ3) is 3.78. The van der Waals surface area contributed by atoms with Gasteiger partial charge in [-0.1, -0.05) is 18.2 Å². The van der Waals surface area contributed by atoms with Gasteiger partial charge in [-0.15, -0.1) is 0 Å². The molecule has 3 N–H and O–H groups in total. The highest BCUT2D eigenvalue weighted by Crippen LogP contribution is 2.22. The average Bonchev–Trinajstić information content (AvgIpc) is 3.23. The van der Waals surface area contributed by atoms with E-state index in [0.29, 0.717) is 19.0 Å². The van der Waals surface area contributed by atoms with Crippen molar-refractivity contribution in [1.82, 2.24) is 20.8 Å². The first-order chi connectivity index (χ1) is 10.8. The van der Waals surface area contributed by atoms with Crippen LogP contribution >= 0.6 is 0 Å². The number of amides is 2. The zero-order chi connectivity index (χ0) is 15.2. The summed E-state index contributed by atoms with van der Waals surface area (Å²) in [6.07, 6.45) is 2.78. The molecule has 0 bridgehead atoms. The summed E-state index contributed by atoms with van der Waals surface area (Å²) in [5, 5.41) is 12.4. The molecule has 6 nitrogen and oxygen atoms in total. The Morgan fingerprint density at radius 3 is 2.91 bits per heavy atom. The Morgan fingerprint density at radius 2 is 2.14 bits per heavy atom. The predicted octanol–water partition coefficient (Wildman–Crippen LogP) is 1.74. The summed E-state index contributed by atoms with van der Waals surface area (Å²) in [4.78, 5) is 14.1. The fraction of sp³-hybridized carbons (Fsp3) is 0.375. The number of carbonyl (C=O) groups is 1. The average molecular weight is 299 g/mol. The van der Waals surface area contributed by atoms with Gasteiger partial charge in [0.2, 0.25) is 0 Å². The number of hydrogen-bond donors (Lipinski definition) is 3. The summed E-state index contributed by atoms with van der Waals surface area (Å²) in [5.41, 5.74) is 2.15. The van der Waals surface area contributed by atoms with Gasteiger partial charge in [-0.05, 0) is 30.5 Å². The summed E-state index contributed by atoms with van der Waals surface area (Å²) in [7, 11) is 0. The molecule has 1 aliphatic heterocycles. The van der Waals surface area contributed by atoms with Gasteiger partial charge in [-0.25, -0.2) is 4.79 Å². The number of benzene rings is 1. The molecule has 0 radical (unpaired) electrons. The molecular weight excluding hydrogens is 278 g/mol. The van der Waals surface area contributed by atoms with Crippen LogP contribution in [0.1, 0.15) is 12.1 Å². The number of aromatic nitrogens is 2. The topological polar surface area (TPSA) is 73.0 Å². The molecule has 1 aromatic carbocycles. The van der Waals surface area contributed by atoms with Crippen LogP contribution in [0.25, 0.3) is 0 Å². The zero-order valence-corrected chi connectivity index (χ0v) is 12.5. The fourth-order valence-corrected chi connectivity index (χ4v) is 2.73. The van der Waals surface area contributed by atoms with E-state index in [0.717, 1.165) is 25.2 Å². The molecule has 1 aliphatic rings. The molecule has 0 aliphatic carbocycles. The van der Waals surface area contributed by atoms with Gasteiger partial charge in [0.25, 0.3) is 0 Å². The molecule has 2 aromatic rings. The molecule has 2 heterocycles. The number of rotatable bonds is 5. The first-order valence-corrected chi connectivity index (χ1v) is 7.61. The van der Waals surface area contributed by atoms with Crippen molar-refractivity contribution in [1.29, 1.82) is 0 Å². The molecule has 3 rings (SSSR count). The Labute approximate surface area is 129 Å². The lowest BCUT2D eigenvalue weighted by Crippen LogP contribution is -2.38. The number of carbonyl (C=O) groups excluding carboxylic acids is 1. The number of H-pyrrole nitrogens is 1. The minimum Gasteiger partial charge on any atom is -0.371 e.